The molecule has 34 heavy (non-hydrogen) atoms. The highest BCUT2D eigenvalue weighted by molar-refractivity contribution is 7.15. The van der Waals surface area contributed by atoms with Crippen LogP contribution in [0.1, 0.15) is 36.8 Å². The van der Waals surface area contributed by atoms with Crippen molar-refractivity contribution in [3.05, 3.63) is 70.9 Å². The van der Waals surface area contributed by atoms with Gasteiger partial charge in [-0.1, -0.05) is 12.1 Å². The van der Waals surface area contributed by atoms with E-state index < -0.39 is 17.3 Å². The highest BCUT2D eigenvalue weighted by Gasteiger charge is 2.30. The molecule has 9 heteroatoms. The van der Waals surface area contributed by atoms with Crippen molar-refractivity contribution in [1.82, 2.24) is 9.97 Å². The molecule has 0 unspecified atom stereocenters. The van der Waals surface area contributed by atoms with E-state index in [1.807, 2.05) is 39.0 Å². The second-order valence-corrected chi connectivity index (χ2v) is 9.90. The molecular weight excluding hydrogens is 465 g/mol. The summed E-state index contributed by atoms with van der Waals surface area (Å²) in [5, 5.41) is 1.54. The van der Waals surface area contributed by atoms with Gasteiger partial charge in [-0.25, -0.2) is 4.98 Å². The molecule has 0 spiro atoms. The number of hydrogen-bond donors (Lipinski definition) is 1. The van der Waals surface area contributed by atoms with E-state index in [0.717, 1.165) is 33.5 Å². The number of benzene rings is 2. The molecule has 0 aliphatic carbocycles. The number of alkyl halides is 3. The van der Waals surface area contributed by atoms with Crippen molar-refractivity contribution >= 4 is 28.2 Å². The summed E-state index contributed by atoms with van der Waals surface area (Å²) in [4.78, 5) is 20.4. The fourth-order valence-corrected chi connectivity index (χ4v) is 4.23. The Morgan fingerprint density at radius 2 is 1.82 bits per heavy atom. The Hall–Kier alpha value is -3.33. The normalized spacial score (nSPS) is 12.2. The molecule has 4 aromatic rings. The van der Waals surface area contributed by atoms with Gasteiger partial charge in [0, 0.05) is 34.9 Å². The first-order chi connectivity index (χ1) is 16.0. The second-order valence-electron chi connectivity index (χ2n) is 8.78. The number of carbonyl (C=O) groups excluding carboxylic acids is 1. The van der Waals surface area contributed by atoms with Crippen LogP contribution < -0.4 is 4.74 Å². The molecule has 0 bridgehead atoms. The molecule has 5 nitrogen and oxygen atoms in total. The highest BCUT2D eigenvalue weighted by atomic mass is 32.1. The number of fused-ring (bicyclic) bond motifs is 1. The van der Waals surface area contributed by atoms with Gasteiger partial charge in [0.05, 0.1) is 16.9 Å². The molecule has 0 amide bonds. The molecule has 0 saturated heterocycles. The van der Waals surface area contributed by atoms with Crippen LogP contribution in [0.4, 0.5) is 13.2 Å². The predicted octanol–water partition coefficient (Wildman–Crippen LogP) is 6.77. The number of esters is 1. The van der Waals surface area contributed by atoms with E-state index in [2.05, 4.69) is 9.97 Å². The van der Waals surface area contributed by atoms with Gasteiger partial charge in [-0.2, -0.15) is 13.2 Å². The number of hydrogen-bond acceptors (Lipinski definition) is 5. The maximum atomic E-state index is 12.7. The number of H-pyrrole nitrogens is 1. The van der Waals surface area contributed by atoms with Crippen molar-refractivity contribution in [3.8, 4) is 16.3 Å². The molecule has 0 aliphatic rings. The maximum absolute atomic E-state index is 12.7. The van der Waals surface area contributed by atoms with Gasteiger partial charge in [0.25, 0.3) is 0 Å². The standard InChI is InChI=1S/C25H23F3N2O3S/c1-24(2,3)33-22(31)10-16-12-29-21-11-18(8-9-20(16)21)32-14-19-13-30-23(34-19)15-4-6-17(7-5-15)25(26,27)28/h4-9,11-13,29H,10,14H2,1-3H3. The molecule has 0 aliphatic heterocycles. The van der Waals surface area contributed by atoms with E-state index in [1.165, 1.54) is 23.5 Å². The van der Waals surface area contributed by atoms with Crippen LogP contribution in [0.2, 0.25) is 0 Å². The molecule has 0 saturated carbocycles. The summed E-state index contributed by atoms with van der Waals surface area (Å²) in [6.45, 7) is 5.77. The lowest BCUT2D eigenvalue weighted by atomic mass is 10.1. The van der Waals surface area contributed by atoms with Crippen molar-refractivity contribution in [2.75, 3.05) is 0 Å². The van der Waals surface area contributed by atoms with Crippen molar-refractivity contribution in [2.45, 2.75) is 45.6 Å². The van der Waals surface area contributed by atoms with Crippen LogP contribution in [-0.2, 0) is 28.7 Å². The lowest BCUT2D eigenvalue weighted by Gasteiger charge is -2.19. The third kappa shape index (κ3) is 5.77. The van der Waals surface area contributed by atoms with E-state index >= 15 is 0 Å². The van der Waals surface area contributed by atoms with Crippen molar-refractivity contribution < 1.29 is 27.4 Å². The van der Waals surface area contributed by atoms with Crippen LogP contribution in [0.15, 0.2) is 54.9 Å². The van der Waals surface area contributed by atoms with Gasteiger partial charge in [0.1, 0.15) is 23.0 Å². The van der Waals surface area contributed by atoms with Gasteiger partial charge in [-0.15, -0.1) is 11.3 Å². The van der Waals surface area contributed by atoms with Gasteiger partial charge >= 0.3 is 12.1 Å². The Balaban J connectivity index is 1.39. The number of ether oxygens (including phenoxy) is 2. The fourth-order valence-electron chi connectivity index (χ4n) is 3.40. The molecule has 0 radical (unpaired) electrons. The largest absolute Gasteiger partial charge is 0.488 e. The van der Waals surface area contributed by atoms with Gasteiger partial charge in [-0.3, -0.25) is 4.79 Å². The Morgan fingerprint density at radius 1 is 1.09 bits per heavy atom. The summed E-state index contributed by atoms with van der Waals surface area (Å²) < 4.78 is 49.5. The molecular formula is C25H23F3N2O3S. The molecule has 1 N–H and O–H groups in total. The molecule has 2 aromatic carbocycles. The average molecular weight is 489 g/mol. The first-order valence-corrected chi connectivity index (χ1v) is 11.4. The summed E-state index contributed by atoms with van der Waals surface area (Å²) in [6, 6.07) is 10.5. The Bertz CT molecular complexity index is 1300. The van der Waals surface area contributed by atoms with Crippen molar-refractivity contribution in [2.24, 2.45) is 0 Å². The van der Waals surface area contributed by atoms with Crippen LogP contribution >= 0.6 is 11.3 Å². The number of nitrogens with zero attached hydrogens (tertiary/aromatic N) is 1. The number of thiazole rings is 1. The Kier molecular flexibility index (Phi) is 6.40. The number of aromatic amines is 1. The molecule has 2 aromatic heterocycles. The summed E-state index contributed by atoms with van der Waals surface area (Å²) in [5.74, 6) is 0.352. The molecule has 178 valence electrons. The van der Waals surface area contributed by atoms with E-state index in [9.17, 15) is 18.0 Å². The highest BCUT2D eigenvalue weighted by Crippen LogP contribution is 2.32. The minimum Gasteiger partial charge on any atom is -0.488 e. The quantitative estimate of drug-likeness (QED) is 0.304. The minimum atomic E-state index is -4.36. The van der Waals surface area contributed by atoms with Crippen LogP contribution in [0.5, 0.6) is 5.75 Å². The summed E-state index contributed by atoms with van der Waals surface area (Å²) in [6.07, 6.45) is -0.746. The lowest BCUT2D eigenvalue weighted by Crippen LogP contribution is -2.24. The topological polar surface area (TPSA) is 64.2 Å². The van der Waals surface area contributed by atoms with Gasteiger partial charge in [0.15, 0.2) is 0 Å². The summed E-state index contributed by atoms with van der Waals surface area (Å²) in [7, 11) is 0. The van der Waals surface area contributed by atoms with Gasteiger partial charge < -0.3 is 14.5 Å². The maximum Gasteiger partial charge on any atom is 0.416 e. The average Bonchev–Trinajstić information content (AvgIpc) is 3.37. The summed E-state index contributed by atoms with van der Waals surface area (Å²) in [5.41, 5.74) is 1.08. The number of halogens is 3. The molecule has 0 fully saturated rings. The van der Waals surface area contributed by atoms with Crippen LogP contribution in [0, 0.1) is 0 Å². The number of rotatable bonds is 6. The van der Waals surface area contributed by atoms with Crippen molar-refractivity contribution in [3.63, 3.8) is 0 Å². The van der Waals surface area contributed by atoms with Crippen LogP contribution in [0.3, 0.4) is 0 Å². The number of nitrogens with one attached hydrogen (secondary N) is 1. The van der Waals surface area contributed by atoms with Gasteiger partial charge in [0.2, 0.25) is 0 Å². The lowest BCUT2D eigenvalue weighted by molar-refractivity contribution is -0.153. The number of aromatic nitrogens is 2. The van der Waals surface area contributed by atoms with E-state index in [1.54, 1.807) is 12.4 Å². The molecule has 2 heterocycles. The van der Waals surface area contributed by atoms with Gasteiger partial charge in [-0.05, 0) is 50.6 Å². The zero-order valence-electron chi connectivity index (χ0n) is 18.8. The SMILES string of the molecule is CC(C)(C)OC(=O)Cc1c[nH]c2cc(OCc3cnc(-c4ccc(C(F)(F)F)cc4)s3)ccc12. The second kappa shape index (κ2) is 9.13. The van der Waals surface area contributed by atoms with E-state index in [4.69, 9.17) is 9.47 Å². The Morgan fingerprint density at radius 3 is 2.50 bits per heavy atom. The van der Waals surface area contributed by atoms with E-state index in [-0.39, 0.29) is 19.0 Å². The minimum absolute atomic E-state index is 0.172. The molecule has 4 rings (SSSR count). The molecule has 0 atom stereocenters. The zero-order chi connectivity index (χ0) is 24.5. The van der Waals surface area contributed by atoms with E-state index in [0.29, 0.717) is 16.3 Å². The van der Waals surface area contributed by atoms with Crippen LogP contribution in [-0.4, -0.2) is 21.5 Å². The monoisotopic (exact) mass is 488 g/mol. The van der Waals surface area contributed by atoms with Crippen LogP contribution in [0.25, 0.3) is 21.5 Å². The smallest absolute Gasteiger partial charge is 0.416 e. The number of carbonyl (C=O) groups is 1. The first kappa shape index (κ1) is 23.8. The summed E-state index contributed by atoms with van der Waals surface area (Å²) >= 11 is 1.36. The Labute approximate surface area is 198 Å². The van der Waals surface area contributed by atoms with Crippen molar-refractivity contribution in [1.29, 1.82) is 0 Å². The first-order valence-electron chi connectivity index (χ1n) is 10.5. The fraction of sp³-hybridized carbons (Fsp3) is 0.280. The third-order valence-electron chi connectivity index (χ3n) is 4.89. The predicted molar refractivity (Wildman–Crippen MR) is 125 cm³/mol. The zero-order valence-corrected chi connectivity index (χ0v) is 19.6. The third-order valence-corrected chi connectivity index (χ3v) is 5.91.